The first-order chi connectivity index (χ1) is 11.5. The van der Waals surface area contributed by atoms with Crippen LogP contribution in [0.1, 0.15) is 43.0 Å². The molecular formula is C17H24N4OS2. The Hall–Kier alpha value is -1.34. The van der Waals surface area contributed by atoms with Gasteiger partial charge in [-0.2, -0.15) is 0 Å². The van der Waals surface area contributed by atoms with Crippen LogP contribution < -0.4 is 5.73 Å². The highest BCUT2D eigenvalue weighted by molar-refractivity contribution is 8.00. The van der Waals surface area contributed by atoms with E-state index in [0.29, 0.717) is 11.0 Å². The molecule has 3 heterocycles. The summed E-state index contributed by atoms with van der Waals surface area (Å²) in [6.07, 6.45) is 4.65. The van der Waals surface area contributed by atoms with Gasteiger partial charge in [0.1, 0.15) is 10.6 Å². The number of amides is 1. The van der Waals surface area contributed by atoms with E-state index < -0.39 is 0 Å². The van der Waals surface area contributed by atoms with Crippen LogP contribution in [-0.4, -0.2) is 39.1 Å². The zero-order valence-electron chi connectivity index (χ0n) is 14.5. The predicted molar refractivity (Wildman–Crippen MR) is 102 cm³/mol. The number of fused-ring (bicyclic) bond motifs is 1. The summed E-state index contributed by atoms with van der Waals surface area (Å²) in [5.41, 5.74) is 7.28. The number of thiophene rings is 1. The summed E-state index contributed by atoms with van der Waals surface area (Å²) in [7, 11) is 0. The fraction of sp³-hybridized carbons (Fsp3) is 0.588. The standard InChI is InChI=1S/C17H24N4OS2/c1-10-11(2)23-15-13(10)14(18)19-17(20-15)24-12(3)16(22)21-8-6-4-5-7-9-21/h12H,4-9H2,1-3H3,(H2,18,19,20). The van der Waals surface area contributed by atoms with Gasteiger partial charge < -0.3 is 10.6 Å². The third-order valence-corrected chi connectivity index (χ3v) is 6.63. The molecule has 1 fully saturated rings. The molecule has 1 aliphatic heterocycles. The van der Waals surface area contributed by atoms with Gasteiger partial charge in [0.2, 0.25) is 5.91 Å². The van der Waals surface area contributed by atoms with Crippen LogP contribution in [-0.2, 0) is 4.79 Å². The van der Waals surface area contributed by atoms with Crippen molar-refractivity contribution in [2.24, 2.45) is 0 Å². The number of aryl methyl sites for hydroxylation is 2. The molecular weight excluding hydrogens is 340 g/mol. The van der Waals surface area contributed by atoms with Crippen LogP contribution in [0.25, 0.3) is 10.2 Å². The minimum atomic E-state index is -0.192. The van der Waals surface area contributed by atoms with Crippen LogP contribution in [0.5, 0.6) is 0 Å². The van der Waals surface area contributed by atoms with E-state index in [-0.39, 0.29) is 11.2 Å². The average Bonchev–Trinajstić information content (AvgIpc) is 2.73. The third-order valence-electron chi connectivity index (χ3n) is 4.58. The van der Waals surface area contributed by atoms with Crippen LogP contribution >= 0.6 is 23.1 Å². The Morgan fingerprint density at radius 2 is 1.88 bits per heavy atom. The predicted octanol–water partition coefficient (Wildman–Crippen LogP) is 3.77. The lowest BCUT2D eigenvalue weighted by Crippen LogP contribution is -2.37. The highest BCUT2D eigenvalue weighted by atomic mass is 32.2. The van der Waals surface area contributed by atoms with Crippen LogP contribution in [0.4, 0.5) is 5.82 Å². The Kier molecular flexibility index (Phi) is 5.30. The summed E-state index contributed by atoms with van der Waals surface area (Å²) in [6.45, 7) is 7.79. The number of nitrogen functional groups attached to an aromatic ring is 1. The average molecular weight is 365 g/mol. The Morgan fingerprint density at radius 1 is 1.21 bits per heavy atom. The molecule has 2 aromatic heterocycles. The summed E-state index contributed by atoms with van der Waals surface area (Å²) in [5, 5.41) is 1.35. The lowest BCUT2D eigenvalue weighted by atomic mass is 10.2. The van der Waals surface area contributed by atoms with E-state index in [2.05, 4.69) is 16.9 Å². The number of nitrogens with zero attached hydrogens (tertiary/aromatic N) is 3. The number of anilines is 1. The molecule has 1 amide bonds. The third kappa shape index (κ3) is 3.52. The molecule has 2 aromatic rings. The van der Waals surface area contributed by atoms with Gasteiger partial charge in [-0.25, -0.2) is 9.97 Å². The van der Waals surface area contributed by atoms with Gasteiger partial charge in [-0.1, -0.05) is 24.6 Å². The molecule has 1 aliphatic rings. The number of likely N-dealkylation sites (tertiary alicyclic amines) is 1. The summed E-state index contributed by atoms with van der Waals surface area (Å²) in [5.74, 6) is 0.696. The molecule has 3 rings (SSSR count). The second-order valence-electron chi connectivity index (χ2n) is 6.35. The molecule has 130 valence electrons. The van der Waals surface area contributed by atoms with Crippen LogP contribution in [0.2, 0.25) is 0 Å². The maximum absolute atomic E-state index is 12.7. The Morgan fingerprint density at radius 3 is 2.54 bits per heavy atom. The van der Waals surface area contributed by atoms with Crippen molar-refractivity contribution in [2.45, 2.75) is 56.9 Å². The molecule has 1 atom stereocenters. The fourth-order valence-electron chi connectivity index (χ4n) is 3.07. The maximum atomic E-state index is 12.7. The van der Waals surface area contributed by atoms with Gasteiger partial charge in [0.25, 0.3) is 0 Å². The molecule has 2 N–H and O–H groups in total. The molecule has 5 nitrogen and oxygen atoms in total. The SMILES string of the molecule is Cc1sc2nc(SC(C)C(=O)N3CCCCCC3)nc(N)c2c1C. The van der Waals surface area contributed by atoms with Gasteiger partial charge in [0, 0.05) is 18.0 Å². The van der Waals surface area contributed by atoms with Crippen molar-refractivity contribution in [1.82, 2.24) is 14.9 Å². The second kappa shape index (κ2) is 7.27. The first kappa shape index (κ1) is 17.5. The summed E-state index contributed by atoms with van der Waals surface area (Å²) in [4.78, 5) is 25.8. The van der Waals surface area contributed by atoms with Crippen molar-refractivity contribution in [2.75, 3.05) is 18.8 Å². The van der Waals surface area contributed by atoms with Crippen LogP contribution in [0.3, 0.4) is 0 Å². The number of aromatic nitrogens is 2. The lowest BCUT2D eigenvalue weighted by molar-refractivity contribution is -0.130. The Labute approximate surface area is 151 Å². The molecule has 1 unspecified atom stereocenters. The molecule has 0 radical (unpaired) electrons. The minimum absolute atomic E-state index is 0.183. The van der Waals surface area contributed by atoms with E-state index in [1.807, 2.05) is 18.7 Å². The summed E-state index contributed by atoms with van der Waals surface area (Å²) in [6, 6.07) is 0. The molecule has 0 aromatic carbocycles. The molecule has 0 bridgehead atoms. The second-order valence-corrected chi connectivity index (χ2v) is 8.87. The monoisotopic (exact) mass is 364 g/mol. The largest absolute Gasteiger partial charge is 0.383 e. The molecule has 0 spiro atoms. The number of nitrogens with two attached hydrogens (primary N) is 1. The first-order valence-corrected chi connectivity index (χ1v) is 10.2. The van der Waals surface area contributed by atoms with E-state index in [1.54, 1.807) is 11.3 Å². The van der Waals surface area contributed by atoms with E-state index in [4.69, 9.17) is 5.73 Å². The number of hydrogen-bond acceptors (Lipinski definition) is 6. The van der Waals surface area contributed by atoms with Gasteiger partial charge >= 0.3 is 0 Å². The van der Waals surface area contributed by atoms with Gasteiger partial charge in [-0.05, 0) is 39.2 Å². The zero-order chi connectivity index (χ0) is 17.3. The van der Waals surface area contributed by atoms with Crippen molar-refractivity contribution in [3.63, 3.8) is 0 Å². The van der Waals surface area contributed by atoms with Gasteiger partial charge in [-0.15, -0.1) is 11.3 Å². The van der Waals surface area contributed by atoms with E-state index in [0.717, 1.165) is 41.7 Å². The van der Waals surface area contributed by atoms with Gasteiger partial charge in [0.05, 0.1) is 10.6 Å². The van der Waals surface area contributed by atoms with Gasteiger partial charge in [-0.3, -0.25) is 4.79 Å². The molecule has 24 heavy (non-hydrogen) atoms. The highest BCUT2D eigenvalue weighted by Gasteiger charge is 2.24. The quantitative estimate of drug-likeness (QED) is 0.663. The smallest absolute Gasteiger partial charge is 0.235 e. The summed E-state index contributed by atoms with van der Waals surface area (Å²) >= 11 is 3.04. The number of thioether (sulfide) groups is 1. The topological polar surface area (TPSA) is 72.1 Å². The number of rotatable bonds is 3. The fourth-order valence-corrected chi connectivity index (χ4v) is 5.03. The molecule has 0 saturated carbocycles. The number of carbonyl (C=O) groups excluding carboxylic acids is 1. The van der Waals surface area contributed by atoms with Crippen molar-refractivity contribution in [1.29, 1.82) is 0 Å². The molecule has 0 aliphatic carbocycles. The Balaban J connectivity index is 1.77. The van der Waals surface area contributed by atoms with Crippen molar-refractivity contribution < 1.29 is 4.79 Å². The van der Waals surface area contributed by atoms with Crippen LogP contribution in [0.15, 0.2) is 5.16 Å². The minimum Gasteiger partial charge on any atom is -0.383 e. The van der Waals surface area contributed by atoms with E-state index in [9.17, 15) is 4.79 Å². The van der Waals surface area contributed by atoms with Gasteiger partial charge in [0.15, 0.2) is 5.16 Å². The number of hydrogen-bond donors (Lipinski definition) is 1. The first-order valence-electron chi connectivity index (χ1n) is 8.46. The lowest BCUT2D eigenvalue weighted by Gasteiger charge is -2.23. The van der Waals surface area contributed by atoms with Crippen LogP contribution in [0, 0.1) is 13.8 Å². The highest BCUT2D eigenvalue weighted by Crippen LogP contribution is 2.34. The summed E-state index contributed by atoms with van der Waals surface area (Å²) < 4.78 is 0. The van der Waals surface area contributed by atoms with Crippen molar-refractivity contribution in [3.05, 3.63) is 10.4 Å². The molecule has 7 heteroatoms. The normalized spacial score (nSPS) is 17.0. The molecule has 1 saturated heterocycles. The van der Waals surface area contributed by atoms with Crippen molar-refractivity contribution in [3.8, 4) is 0 Å². The Bertz CT molecular complexity index is 751. The van der Waals surface area contributed by atoms with Crippen molar-refractivity contribution >= 4 is 45.0 Å². The van der Waals surface area contributed by atoms with E-state index in [1.165, 1.54) is 29.5 Å². The zero-order valence-corrected chi connectivity index (χ0v) is 16.1. The number of carbonyl (C=O) groups is 1. The van der Waals surface area contributed by atoms with E-state index >= 15 is 0 Å². The maximum Gasteiger partial charge on any atom is 0.235 e.